The molecule has 0 atom stereocenters. The first kappa shape index (κ1) is 14.7. The number of halogens is 1. The number of esters is 1. The maximum atomic E-state index is 13.9. The highest BCUT2D eigenvalue weighted by atomic mass is 19.1. The summed E-state index contributed by atoms with van der Waals surface area (Å²) in [7, 11) is 1.26. The summed E-state index contributed by atoms with van der Waals surface area (Å²) < 4.78 is 18.3. The summed E-state index contributed by atoms with van der Waals surface area (Å²) in [5.74, 6) is -1.63. The number of amides is 1. The van der Waals surface area contributed by atoms with Crippen LogP contribution in [0.3, 0.4) is 0 Å². The Hall–Kier alpha value is -2.69. The highest BCUT2D eigenvalue weighted by Crippen LogP contribution is 2.19. The smallest absolute Gasteiger partial charge is 0.330 e. The maximum Gasteiger partial charge on any atom is 0.330 e. The van der Waals surface area contributed by atoms with Gasteiger partial charge in [-0.15, -0.1) is 0 Å². The molecule has 0 saturated carbocycles. The van der Waals surface area contributed by atoms with Crippen LogP contribution in [0.25, 0.3) is 10.8 Å². The summed E-state index contributed by atoms with van der Waals surface area (Å²) >= 11 is 0. The van der Waals surface area contributed by atoms with Crippen LogP contribution in [0.1, 0.15) is 10.4 Å². The summed E-state index contributed by atoms with van der Waals surface area (Å²) in [5.41, 5.74) is -0.0276. The molecule has 0 aliphatic rings. The summed E-state index contributed by atoms with van der Waals surface area (Å²) in [6.45, 7) is 0.111. The van der Waals surface area contributed by atoms with Crippen LogP contribution in [0.5, 0.6) is 0 Å². The van der Waals surface area contributed by atoms with Crippen LogP contribution >= 0.6 is 0 Å². The molecule has 1 N–H and O–H groups in total. The lowest BCUT2D eigenvalue weighted by molar-refractivity contribution is -0.134. The van der Waals surface area contributed by atoms with Gasteiger partial charge in [-0.1, -0.05) is 30.3 Å². The largest absolute Gasteiger partial charge is 0.466 e. The van der Waals surface area contributed by atoms with E-state index in [-0.39, 0.29) is 12.1 Å². The molecule has 1 amide bonds. The zero-order valence-electron chi connectivity index (χ0n) is 11.4. The van der Waals surface area contributed by atoms with Crippen molar-refractivity contribution in [2.75, 3.05) is 13.7 Å². The molecule has 4 nitrogen and oxygen atoms in total. The molecule has 0 bridgehead atoms. The van der Waals surface area contributed by atoms with Crippen molar-refractivity contribution in [2.24, 2.45) is 0 Å². The van der Waals surface area contributed by atoms with E-state index < -0.39 is 17.7 Å². The number of ether oxygens (including phenoxy) is 1. The van der Waals surface area contributed by atoms with Crippen molar-refractivity contribution in [3.8, 4) is 0 Å². The number of fused-ring (bicyclic) bond motifs is 1. The average Bonchev–Trinajstić information content (AvgIpc) is 2.50. The number of carbonyl (C=O) groups is 2. The molecule has 0 unspecified atom stereocenters. The SMILES string of the molecule is COC(=O)/C=C/CNC(=O)c1cc2ccccc2cc1F. The van der Waals surface area contributed by atoms with E-state index in [1.807, 2.05) is 12.1 Å². The van der Waals surface area contributed by atoms with E-state index in [0.29, 0.717) is 0 Å². The van der Waals surface area contributed by atoms with Gasteiger partial charge in [0.05, 0.1) is 12.7 Å². The number of rotatable bonds is 4. The Morgan fingerprint density at radius 3 is 2.57 bits per heavy atom. The lowest BCUT2D eigenvalue weighted by atomic mass is 10.1. The molecule has 21 heavy (non-hydrogen) atoms. The van der Waals surface area contributed by atoms with Crippen molar-refractivity contribution in [3.05, 3.63) is 59.9 Å². The molecular weight excluding hydrogens is 273 g/mol. The molecule has 0 spiro atoms. The monoisotopic (exact) mass is 287 g/mol. The Morgan fingerprint density at radius 1 is 1.24 bits per heavy atom. The molecule has 108 valence electrons. The van der Waals surface area contributed by atoms with Gasteiger partial charge in [0.2, 0.25) is 0 Å². The Labute approximate surface area is 121 Å². The topological polar surface area (TPSA) is 55.4 Å². The van der Waals surface area contributed by atoms with Crippen LogP contribution in [-0.4, -0.2) is 25.5 Å². The number of hydrogen-bond acceptors (Lipinski definition) is 3. The minimum absolute atomic E-state index is 0.0276. The maximum absolute atomic E-state index is 13.9. The second-order valence-electron chi connectivity index (χ2n) is 4.31. The predicted octanol–water partition coefficient (Wildman–Crippen LogP) is 2.44. The highest BCUT2D eigenvalue weighted by molar-refractivity contribution is 5.99. The third-order valence-corrected chi connectivity index (χ3v) is 2.92. The van der Waals surface area contributed by atoms with Crippen LogP contribution in [0.2, 0.25) is 0 Å². The zero-order chi connectivity index (χ0) is 15.2. The first-order valence-electron chi connectivity index (χ1n) is 6.33. The van der Waals surface area contributed by atoms with Crippen LogP contribution in [0.4, 0.5) is 4.39 Å². The molecule has 0 fully saturated rings. The molecule has 5 heteroatoms. The van der Waals surface area contributed by atoms with Crippen molar-refractivity contribution in [3.63, 3.8) is 0 Å². The number of methoxy groups -OCH3 is 1. The van der Waals surface area contributed by atoms with Crippen molar-refractivity contribution in [1.29, 1.82) is 0 Å². The lowest BCUT2D eigenvalue weighted by Crippen LogP contribution is -2.24. The van der Waals surface area contributed by atoms with Gasteiger partial charge in [0.1, 0.15) is 5.82 Å². The minimum atomic E-state index is -0.580. The van der Waals surface area contributed by atoms with Gasteiger partial charge in [-0.2, -0.15) is 0 Å². The molecule has 2 aromatic carbocycles. The van der Waals surface area contributed by atoms with Gasteiger partial charge in [0.25, 0.3) is 5.91 Å². The number of benzene rings is 2. The number of nitrogens with one attached hydrogen (secondary N) is 1. The van der Waals surface area contributed by atoms with Crippen LogP contribution < -0.4 is 5.32 Å². The molecule has 0 radical (unpaired) electrons. The molecule has 2 aromatic rings. The minimum Gasteiger partial charge on any atom is -0.466 e. The standard InChI is InChI=1S/C16H14FNO3/c1-21-15(19)7-4-8-18-16(20)13-9-11-5-2-3-6-12(11)10-14(13)17/h2-7,9-10H,8H2,1H3,(H,18,20)/b7-4+. The van der Waals surface area contributed by atoms with Crippen molar-refractivity contribution in [2.45, 2.75) is 0 Å². The molecule has 2 rings (SSSR count). The van der Waals surface area contributed by atoms with E-state index in [2.05, 4.69) is 10.1 Å². The Balaban J connectivity index is 2.10. The molecule has 0 aliphatic carbocycles. The summed E-state index contributed by atoms with van der Waals surface area (Å²) in [6, 6.07) is 10.0. The molecule has 0 aliphatic heterocycles. The van der Waals surface area contributed by atoms with Gasteiger partial charge < -0.3 is 10.1 Å². The van der Waals surface area contributed by atoms with Crippen molar-refractivity contribution >= 4 is 22.6 Å². The fourth-order valence-electron chi connectivity index (χ4n) is 1.86. The van der Waals surface area contributed by atoms with E-state index in [4.69, 9.17) is 0 Å². The number of hydrogen-bond donors (Lipinski definition) is 1. The first-order chi connectivity index (χ1) is 10.1. The Kier molecular flexibility index (Phi) is 4.66. The van der Waals surface area contributed by atoms with Crippen molar-refractivity contribution in [1.82, 2.24) is 5.32 Å². The normalized spacial score (nSPS) is 10.8. The van der Waals surface area contributed by atoms with Gasteiger partial charge in [0.15, 0.2) is 0 Å². The quantitative estimate of drug-likeness (QED) is 0.694. The molecule has 0 heterocycles. The fourth-order valence-corrected chi connectivity index (χ4v) is 1.86. The average molecular weight is 287 g/mol. The Morgan fingerprint density at radius 2 is 1.90 bits per heavy atom. The third kappa shape index (κ3) is 3.66. The lowest BCUT2D eigenvalue weighted by Gasteiger charge is -2.06. The number of carbonyl (C=O) groups excluding carboxylic acids is 2. The van der Waals surface area contributed by atoms with Crippen LogP contribution in [-0.2, 0) is 9.53 Å². The summed E-state index contributed by atoms with van der Waals surface area (Å²) in [5, 5.41) is 4.03. The predicted molar refractivity (Wildman–Crippen MR) is 77.4 cm³/mol. The van der Waals surface area contributed by atoms with E-state index in [1.54, 1.807) is 12.1 Å². The van der Waals surface area contributed by atoms with Gasteiger partial charge in [0, 0.05) is 12.6 Å². The van der Waals surface area contributed by atoms with Gasteiger partial charge >= 0.3 is 5.97 Å². The van der Waals surface area contributed by atoms with E-state index >= 15 is 0 Å². The van der Waals surface area contributed by atoms with Gasteiger partial charge in [-0.3, -0.25) is 4.79 Å². The third-order valence-electron chi connectivity index (χ3n) is 2.92. The van der Waals surface area contributed by atoms with Crippen molar-refractivity contribution < 1.29 is 18.7 Å². The molecule has 0 saturated heterocycles. The zero-order valence-corrected chi connectivity index (χ0v) is 11.4. The second-order valence-corrected chi connectivity index (χ2v) is 4.31. The van der Waals surface area contributed by atoms with Crippen LogP contribution in [0, 0.1) is 5.82 Å². The Bertz CT molecular complexity index is 710. The summed E-state index contributed by atoms with van der Waals surface area (Å²) in [6.07, 6.45) is 2.62. The van der Waals surface area contributed by atoms with Gasteiger partial charge in [-0.05, 0) is 22.9 Å². The first-order valence-corrected chi connectivity index (χ1v) is 6.33. The van der Waals surface area contributed by atoms with Crippen LogP contribution in [0.15, 0.2) is 48.6 Å². The molecular formula is C16H14FNO3. The fraction of sp³-hybridized carbons (Fsp3) is 0.125. The van der Waals surface area contributed by atoms with E-state index in [1.165, 1.54) is 31.4 Å². The van der Waals surface area contributed by atoms with E-state index in [9.17, 15) is 14.0 Å². The highest BCUT2D eigenvalue weighted by Gasteiger charge is 2.12. The van der Waals surface area contributed by atoms with E-state index in [0.717, 1.165) is 10.8 Å². The van der Waals surface area contributed by atoms with Gasteiger partial charge in [-0.25, -0.2) is 9.18 Å². The molecule has 0 aromatic heterocycles. The summed E-state index contributed by atoms with van der Waals surface area (Å²) in [4.78, 5) is 22.8. The second kappa shape index (κ2) is 6.65.